The number of piperidine rings is 1. The Morgan fingerprint density at radius 3 is 1.92 bits per heavy atom. The Bertz CT molecular complexity index is 474. The van der Waals surface area contributed by atoms with Gasteiger partial charge in [-0.2, -0.15) is 0 Å². The molecular weight excluding hydrogens is 322 g/mol. The molecule has 3 heterocycles. The molecule has 140 valence electrons. The van der Waals surface area contributed by atoms with Gasteiger partial charge in [0.25, 0.3) is 0 Å². The number of ether oxygens (including phenoxy) is 1. The van der Waals surface area contributed by atoms with Crippen molar-refractivity contribution in [2.24, 2.45) is 0 Å². The van der Waals surface area contributed by atoms with Gasteiger partial charge in [0.2, 0.25) is 0 Å². The van der Waals surface area contributed by atoms with Crippen LogP contribution in [0.25, 0.3) is 0 Å². The van der Waals surface area contributed by atoms with E-state index in [2.05, 4.69) is 24.0 Å². The Morgan fingerprint density at radius 1 is 1.00 bits per heavy atom. The molecule has 0 aromatic heterocycles. The van der Waals surface area contributed by atoms with Crippen LogP contribution in [-0.4, -0.2) is 46.7 Å². The van der Waals surface area contributed by atoms with E-state index in [4.69, 9.17) is 24.5 Å². The molecule has 1 aromatic carbocycles. The summed E-state index contributed by atoms with van der Waals surface area (Å²) in [6.45, 7) is 7.12. The maximum absolute atomic E-state index is 9.10. The average Bonchev–Trinajstić information content (AvgIpc) is 2.65. The molecule has 25 heavy (non-hydrogen) atoms. The van der Waals surface area contributed by atoms with Crippen LogP contribution in [0.4, 0.5) is 0 Å². The molecule has 2 N–H and O–H groups in total. The second-order valence-corrected chi connectivity index (χ2v) is 6.15. The topological polar surface area (TPSA) is 87.1 Å². The molecule has 6 heteroatoms. The standard InChI is InChI=1S/C10H21N.C7H6O.C2H2O4/c1-2-3-5-8-11-9-6-4-7-10-11;1-3-7-4-2-6(1)5-8-7;3-1(4)2(5)6/h2-10H2,1H3;1-4H,5H2;(H,3,4)(H,5,6). The number of nitrogens with zero attached hydrogens (tertiary/aromatic N) is 1. The number of unbranched alkanes of at least 4 members (excludes halogenated alkanes) is 2. The van der Waals surface area contributed by atoms with Crippen LogP contribution in [0.3, 0.4) is 0 Å². The summed E-state index contributed by atoms with van der Waals surface area (Å²) in [5.74, 6) is -2.66. The summed E-state index contributed by atoms with van der Waals surface area (Å²) in [5.41, 5.74) is 1.26. The number of hydrogen-bond acceptors (Lipinski definition) is 4. The third-order valence-electron chi connectivity index (χ3n) is 4.04. The van der Waals surface area contributed by atoms with Gasteiger partial charge in [-0.05, 0) is 56.6 Å². The molecule has 0 spiro atoms. The second kappa shape index (κ2) is 12.3. The maximum Gasteiger partial charge on any atom is 0.414 e. The Hall–Kier alpha value is -2.08. The number of likely N-dealkylation sites (tertiary alicyclic amines) is 1. The zero-order chi connectivity index (χ0) is 18.5. The third kappa shape index (κ3) is 9.72. The van der Waals surface area contributed by atoms with Gasteiger partial charge < -0.3 is 19.8 Å². The molecule has 1 fully saturated rings. The number of rotatable bonds is 4. The first-order chi connectivity index (χ1) is 12.0. The molecule has 3 aliphatic heterocycles. The lowest BCUT2D eigenvalue weighted by atomic mass is 10.1. The molecule has 1 saturated heterocycles. The normalized spacial score (nSPS) is 15.1. The average molecular weight is 351 g/mol. The van der Waals surface area contributed by atoms with Crippen LogP contribution in [-0.2, 0) is 16.2 Å². The lowest BCUT2D eigenvalue weighted by molar-refractivity contribution is -0.159. The van der Waals surface area contributed by atoms with Crippen LogP contribution >= 0.6 is 0 Å². The molecule has 2 bridgehead atoms. The van der Waals surface area contributed by atoms with Crippen molar-refractivity contribution in [3.8, 4) is 5.75 Å². The van der Waals surface area contributed by atoms with Gasteiger partial charge in [0.15, 0.2) is 0 Å². The van der Waals surface area contributed by atoms with Crippen molar-refractivity contribution in [3.63, 3.8) is 0 Å². The van der Waals surface area contributed by atoms with E-state index in [0.29, 0.717) is 0 Å². The van der Waals surface area contributed by atoms with Crippen molar-refractivity contribution < 1.29 is 24.5 Å². The van der Waals surface area contributed by atoms with E-state index in [1.54, 1.807) is 0 Å². The summed E-state index contributed by atoms with van der Waals surface area (Å²) in [5, 5.41) is 14.8. The minimum atomic E-state index is -1.82. The number of carbonyl (C=O) groups is 2. The highest BCUT2D eigenvalue weighted by Gasteiger charge is 2.08. The Labute approximate surface area is 149 Å². The summed E-state index contributed by atoms with van der Waals surface area (Å²) in [6, 6.07) is 8.13. The highest BCUT2D eigenvalue weighted by Crippen LogP contribution is 2.19. The van der Waals surface area contributed by atoms with Gasteiger partial charge in [0.1, 0.15) is 12.4 Å². The van der Waals surface area contributed by atoms with E-state index in [1.165, 1.54) is 63.7 Å². The van der Waals surface area contributed by atoms with Crippen LogP contribution in [0.15, 0.2) is 24.3 Å². The molecule has 6 nitrogen and oxygen atoms in total. The number of aliphatic carboxylic acids is 2. The van der Waals surface area contributed by atoms with E-state index in [1.807, 2.05) is 12.1 Å². The van der Waals surface area contributed by atoms with Gasteiger partial charge in [-0.1, -0.05) is 38.3 Å². The Kier molecular flexibility index (Phi) is 10.3. The van der Waals surface area contributed by atoms with E-state index in [-0.39, 0.29) is 0 Å². The maximum atomic E-state index is 9.10. The number of benzene rings is 1. The fourth-order valence-electron chi connectivity index (χ4n) is 2.62. The van der Waals surface area contributed by atoms with Gasteiger partial charge in [0.05, 0.1) is 0 Å². The van der Waals surface area contributed by atoms with Gasteiger partial charge in [-0.15, -0.1) is 0 Å². The lowest BCUT2D eigenvalue weighted by Crippen LogP contribution is -2.30. The summed E-state index contributed by atoms with van der Waals surface area (Å²) in [6.07, 6.45) is 8.52. The SMILES string of the molecule is CCCCCN1CCCCC1.O=C(O)C(=O)O.c1cc2ccc1CO2. The molecule has 4 rings (SSSR count). The second-order valence-electron chi connectivity index (χ2n) is 6.15. The zero-order valence-electron chi connectivity index (χ0n) is 14.9. The summed E-state index contributed by atoms with van der Waals surface area (Å²) in [7, 11) is 0. The highest BCUT2D eigenvalue weighted by molar-refractivity contribution is 6.27. The van der Waals surface area contributed by atoms with E-state index < -0.39 is 11.9 Å². The first-order valence-electron chi connectivity index (χ1n) is 8.93. The van der Waals surface area contributed by atoms with Crippen molar-refractivity contribution in [2.45, 2.75) is 52.1 Å². The van der Waals surface area contributed by atoms with Crippen LogP contribution in [0.1, 0.15) is 51.0 Å². The minimum Gasteiger partial charge on any atom is -0.489 e. The zero-order valence-corrected chi connectivity index (χ0v) is 14.9. The first kappa shape index (κ1) is 21.0. The Balaban J connectivity index is 0.000000197. The summed E-state index contributed by atoms with van der Waals surface area (Å²) >= 11 is 0. The minimum absolute atomic E-state index is 0.766. The van der Waals surface area contributed by atoms with Crippen molar-refractivity contribution in [1.82, 2.24) is 4.90 Å². The fourth-order valence-corrected chi connectivity index (χ4v) is 2.62. The largest absolute Gasteiger partial charge is 0.489 e. The molecule has 0 aliphatic carbocycles. The number of carboxylic acid groups (broad SMARTS) is 2. The van der Waals surface area contributed by atoms with Crippen LogP contribution in [0.2, 0.25) is 0 Å². The smallest absolute Gasteiger partial charge is 0.414 e. The summed E-state index contributed by atoms with van der Waals surface area (Å²) in [4.78, 5) is 20.8. The lowest BCUT2D eigenvalue weighted by Gasteiger charge is -2.26. The molecule has 3 aliphatic rings. The Morgan fingerprint density at radius 2 is 1.60 bits per heavy atom. The van der Waals surface area contributed by atoms with E-state index in [9.17, 15) is 0 Å². The fraction of sp³-hybridized carbons (Fsp3) is 0.579. The molecule has 0 unspecified atom stereocenters. The van der Waals surface area contributed by atoms with Crippen molar-refractivity contribution in [1.29, 1.82) is 0 Å². The van der Waals surface area contributed by atoms with Crippen LogP contribution in [0.5, 0.6) is 5.75 Å². The highest BCUT2D eigenvalue weighted by atomic mass is 16.5. The van der Waals surface area contributed by atoms with Gasteiger partial charge in [-0.3, -0.25) is 0 Å². The first-order valence-corrected chi connectivity index (χ1v) is 8.93. The summed E-state index contributed by atoms with van der Waals surface area (Å²) < 4.78 is 5.18. The molecule has 0 saturated carbocycles. The number of carboxylic acids is 2. The molecule has 1 aromatic rings. The van der Waals surface area contributed by atoms with Crippen molar-refractivity contribution in [3.05, 3.63) is 29.8 Å². The number of hydrogen-bond donors (Lipinski definition) is 2. The monoisotopic (exact) mass is 351 g/mol. The van der Waals surface area contributed by atoms with Gasteiger partial charge in [0, 0.05) is 0 Å². The molecule has 0 atom stereocenters. The molecular formula is C19H29NO5. The number of fused-ring (bicyclic) bond motifs is 3. The molecule has 0 radical (unpaired) electrons. The predicted molar refractivity (Wildman–Crippen MR) is 95.9 cm³/mol. The third-order valence-corrected chi connectivity index (χ3v) is 4.04. The predicted octanol–water partition coefficient (Wildman–Crippen LogP) is 3.40. The van der Waals surface area contributed by atoms with E-state index in [0.717, 1.165) is 12.4 Å². The van der Waals surface area contributed by atoms with E-state index >= 15 is 0 Å². The van der Waals surface area contributed by atoms with Crippen LogP contribution < -0.4 is 4.74 Å². The van der Waals surface area contributed by atoms with Crippen molar-refractivity contribution >= 4 is 11.9 Å². The van der Waals surface area contributed by atoms with Gasteiger partial charge in [-0.25, -0.2) is 9.59 Å². The van der Waals surface area contributed by atoms with Crippen molar-refractivity contribution in [2.75, 3.05) is 19.6 Å². The molecule has 0 amide bonds. The van der Waals surface area contributed by atoms with Crippen LogP contribution in [0, 0.1) is 0 Å². The van der Waals surface area contributed by atoms with Gasteiger partial charge >= 0.3 is 11.9 Å². The quantitative estimate of drug-likeness (QED) is 0.639.